The van der Waals surface area contributed by atoms with Crippen molar-refractivity contribution in [2.45, 2.75) is 40.4 Å². The zero-order chi connectivity index (χ0) is 21.8. The van der Waals surface area contributed by atoms with Gasteiger partial charge < -0.3 is 0 Å². The van der Waals surface area contributed by atoms with Crippen LogP contribution in [0, 0.1) is 49.9 Å². The Kier molecular flexibility index (Phi) is 5.14. The van der Waals surface area contributed by atoms with Crippen molar-refractivity contribution in [3.63, 3.8) is 0 Å². The quantitative estimate of drug-likeness (QED) is 0.253. The third-order valence-corrected chi connectivity index (χ3v) is 6.45. The molecule has 0 aliphatic rings. The molecule has 0 amide bonds. The number of rotatable bonds is 3. The lowest BCUT2D eigenvalue weighted by Crippen LogP contribution is -2.40. The van der Waals surface area contributed by atoms with E-state index in [1.807, 2.05) is 52.5 Å². The van der Waals surface area contributed by atoms with Crippen molar-refractivity contribution < 1.29 is 22.0 Å². The molecule has 0 atom stereocenters. The number of aromatic nitrogens is 3. The molecule has 0 unspecified atom stereocenters. The number of nitrogens with zero attached hydrogens (tertiary/aromatic N) is 3. The summed E-state index contributed by atoms with van der Waals surface area (Å²) in [4.78, 5) is 0. The van der Waals surface area contributed by atoms with E-state index in [-0.39, 0.29) is 5.69 Å². The highest BCUT2D eigenvalue weighted by atomic mass is 28.3. The van der Waals surface area contributed by atoms with Crippen LogP contribution in [0.2, 0.25) is 19.6 Å². The van der Waals surface area contributed by atoms with Gasteiger partial charge in [-0.25, -0.2) is 26.6 Å². The molecule has 3 rings (SSSR count). The van der Waals surface area contributed by atoms with Crippen LogP contribution in [0.1, 0.15) is 16.7 Å². The second-order valence-electron chi connectivity index (χ2n) is 8.14. The van der Waals surface area contributed by atoms with Crippen LogP contribution in [-0.2, 0) is 0 Å². The molecular formula is C20H20F5N3Si. The number of aryl methyl sites for hydroxylation is 3. The summed E-state index contributed by atoms with van der Waals surface area (Å²) in [5.41, 5.74) is 2.29. The first kappa shape index (κ1) is 21.2. The first-order chi connectivity index (χ1) is 13.4. The van der Waals surface area contributed by atoms with Crippen molar-refractivity contribution in [2.24, 2.45) is 0 Å². The molecule has 0 bridgehead atoms. The third kappa shape index (κ3) is 3.37. The van der Waals surface area contributed by atoms with Crippen LogP contribution >= 0.6 is 0 Å². The van der Waals surface area contributed by atoms with Gasteiger partial charge in [-0.05, 0) is 31.9 Å². The largest absolute Gasteiger partial charge is 0.207 e. The minimum absolute atomic E-state index is 0.252. The molecule has 3 nitrogen and oxygen atoms in total. The lowest BCUT2D eigenvalue weighted by atomic mass is 9.97. The Balaban J connectivity index is 2.50. The van der Waals surface area contributed by atoms with E-state index in [4.69, 9.17) is 0 Å². The monoisotopic (exact) mass is 425 g/mol. The van der Waals surface area contributed by atoms with Gasteiger partial charge in [-0.2, -0.15) is 0 Å². The maximum absolute atomic E-state index is 14.6. The average molecular weight is 425 g/mol. The zero-order valence-corrected chi connectivity index (χ0v) is 17.9. The molecular weight excluding hydrogens is 405 g/mol. The summed E-state index contributed by atoms with van der Waals surface area (Å²) in [5, 5.41) is 8.46. The molecule has 29 heavy (non-hydrogen) atoms. The van der Waals surface area contributed by atoms with Crippen molar-refractivity contribution in [3.05, 3.63) is 57.9 Å². The molecule has 1 heterocycles. The van der Waals surface area contributed by atoms with E-state index in [9.17, 15) is 22.0 Å². The summed E-state index contributed by atoms with van der Waals surface area (Å²) in [5.74, 6) is -10.1. The van der Waals surface area contributed by atoms with Crippen molar-refractivity contribution in [1.82, 2.24) is 15.0 Å². The Hall–Kier alpha value is -2.55. The molecule has 0 N–H and O–H groups in total. The Labute approximate surface area is 166 Å². The van der Waals surface area contributed by atoms with Crippen LogP contribution < -0.4 is 5.32 Å². The topological polar surface area (TPSA) is 30.7 Å². The highest BCUT2D eigenvalue weighted by Gasteiger charge is 2.34. The normalized spacial score (nSPS) is 12.0. The van der Waals surface area contributed by atoms with E-state index in [0.717, 1.165) is 21.4 Å². The number of halogens is 5. The molecule has 3 aromatic rings. The summed E-state index contributed by atoms with van der Waals surface area (Å²) in [6.45, 7) is 11.4. The van der Waals surface area contributed by atoms with Gasteiger partial charge in [0.05, 0.1) is 11.0 Å². The predicted molar refractivity (Wildman–Crippen MR) is 104 cm³/mol. The standard InChI is InChI=1S/C20H20F5N3Si/c1-9-7-10(2)12(11(3)8-9)18-20(29(4,5)6)26-27-28(18)19-16(24)14(22)13(21)15(23)17(19)25/h7-8H,1-6H3. The predicted octanol–water partition coefficient (Wildman–Crippen LogP) is 5.10. The molecule has 0 radical (unpaired) electrons. The van der Waals surface area contributed by atoms with Gasteiger partial charge in [-0.15, -0.1) is 5.10 Å². The second-order valence-corrected chi connectivity index (χ2v) is 13.1. The fraction of sp³-hybridized carbons (Fsp3) is 0.300. The second kappa shape index (κ2) is 7.05. The Morgan fingerprint density at radius 1 is 0.759 bits per heavy atom. The molecule has 0 spiro atoms. The number of benzene rings is 2. The van der Waals surface area contributed by atoms with Gasteiger partial charge in [0.25, 0.3) is 0 Å². The van der Waals surface area contributed by atoms with E-state index < -0.39 is 42.8 Å². The van der Waals surface area contributed by atoms with Gasteiger partial charge in [0, 0.05) is 5.56 Å². The van der Waals surface area contributed by atoms with Crippen LogP contribution in [0.15, 0.2) is 12.1 Å². The zero-order valence-electron chi connectivity index (χ0n) is 16.9. The fourth-order valence-electron chi connectivity index (χ4n) is 3.50. The SMILES string of the molecule is Cc1cc(C)c(-c2c([Si](C)(C)C)nnn2-c2c(F)c(F)c(F)c(F)c2F)c(C)c1. The summed E-state index contributed by atoms with van der Waals surface area (Å²) in [6, 6.07) is 3.76. The van der Waals surface area contributed by atoms with Crippen LogP contribution in [0.3, 0.4) is 0 Å². The Bertz CT molecular complexity index is 1080. The van der Waals surface area contributed by atoms with Crippen LogP contribution in [-0.4, -0.2) is 23.1 Å². The first-order valence-electron chi connectivity index (χ1n) is 8.92. The average Bonchev–Trinajstić information content (AvgIpc) is 3.02. The maximum atomic E-state index is 14.6. The van der Waals surface area contributed by atoms with Gasteiger partial charge in [0.1, 0.15) is 13.8 Å². The lowest BCUT2D eigenvalue weighted by Gasteiger charge is -2.20. The summed E-state index contributed by atoms with van der Waals surface area (Å²) >= 11 is 0. The van der Waals surface area contributed by atoms with Gasteiger partial charge in [-0.1, -0.05) is 42.6 Å². The molecule has 9 heteroatoms. The van der Waals surface area contributed by atoms with Crippen LogP contribution in [0.25, 0.3) is 16.9 Å². The fourth-order valence-corrected chi connectivity index (χ4v) is 4.79. The number of hydrogen-bond donors (Lipinski definition) is 0. The van der Waals surface area contributed by atoms with Gasteiger partial charge in [-0.3, -0.25) is 0 Å². The van der Waals surface area contributed by atoms with Gasteiger partial charge >= 0.3 is 0 Å². The molecule has 2 aromatic carbocycles. The minimum Gasteiger partial charge on any atom is -0.207 e. The summed E-state index contributed by atoms with van der Waals surface area (Å²) in [7, 11) is -2.21. The minimum atomic E-state index is -2.21. The van der Waals surface area contributed by atoms with E-state index in [1.165, 1.54) is 0 Å². The van der Waals surface area contributed by atoms with Gasteiger partial charge in [0.15, 0.2) is 23.3 Å². The molecule has 154 valence electrons. The van der Waals surface area contributed by atoms with Crippen molar-refractivity contribution in [1.29, 1.82) is 0 Å². The molecule has 0 fully saturated rings. The Morgan fingerprint density at radius 2 is 1.21 bits per heavy atom. The molecule has 0 aliphatic carbocycles. The van der Waals surface area contributed by atoms with E-state index >= 15 is 0 Å². The Morgan fingerprint density at radius 3 is 1.66 bits per heavy atom. The van der Waals surface area contributed by atoms with Crippen molar-refractivity contribution >= 4 is 13.4 Å². The maximum Gasteiger partial charge on any atom is 0.200 e. The van der Waals surface area contributed by atoms with E-state index in [1.54, 1.807) is 0 Å². The van der Waals surface area contributed by atoms with E-state index in [0.29, 0.717) is 10.9 Å². The van der Waals surface area contributed by atoms with Crippen LogP contribution in [0.5, 0.6) is 0 Å². The summed E-state index contributed by atoms with van der Waals surface area (Å²) < 4.78 is 71.1. The van der Waals surface area contributed by atoms with Crippen molar-refractivity contribution in [3.8, 4) is 16.9 Å². The third-order valence-electron chi connectivity index (χ3n) is 4.69. The highest BCUT2D eigenvalue weighted by molar-refractivity contribution is 6.89. The van der Waals surface area contributed by atoms with Crippen molar-refractivity contribution in [2.75, 3.05) is 0 Å². The highest BCUT2D eigenvalue weighted by Crippen LogP contribution is 2.33. The van der Waals surface area contributed by atoms with Gasteiger partial charge in [0.2, 0.25) is 5.82 Å². The first-order valence-corrected chi connectivity index (χ1v) is 12.4. The molecule has 1 aromatic heterocycles. The smallest absolute Gasteiger partial charge is 0.200 e. The molecule has 0 saturated heterocycles. The summed E-state index contributed by atoms with van der Waals surface area (Å²) in [6.07, 6.45) is 0. The lowest BCUT2D eigenvalue weighted by molar-refractivity contribution is 0.373. The molecule has 0 aliphatic heterocycles. The van der Waals surface area contributed by atoms with E-state index in [2.05, 4.69) is 10.3 Å². The van der Waals surface area contributed by atoms with Crippen LogP contribution in [0.4, 0.5) is 22.0 Å². The molecule has 0 saturated carbocycles. The number of hydrogen-bond acceptors (Lipinski definition) is 2.